The second-order valence-electron chi connectivity index (χ2n) is 7.03. The molecule has 1 aliphatic heterocycles. The van der Waals surface area contributed by atoms with Gasteiger partial charge in [0.15, 0.2) is 0 Å². The fourth-order valence-electron chi connectivity index (χ4n) is 3.59. The van der Waals surface area contributed by atoms with Gasteiger partial charge in [-0.3, -0.25) is 9.69 Å². The lowest BCUT2D eigenvalue weighted by molar-refractivity contribution is 0.0977. The highest BCUT2D eigenvalue weighted by Gasteiger charge is 2.38. The van der Waals surface area contributed by atoms with E-state index >= 15 is 0 Å². The van der Waals surface area contributed by atoms with Crippen molar-refractivity contribution in [3.05, 3.63) is 47.2 Å². The molecule has 1 aliphatic rings. The van der Waals surface area contributed by atoms with Crippen LogP contribution in [0.15, 0.2) is 30.5 Å². The number of fused-ring (bicyclic) bond motifs is 1. The Bertz CT molecular complexity index is 928. The summed E-state index contributed by atoms with van der Waals surface area (Å²) >= 11 is 0. The molecule has 0 saturated carbocycles. The largest absolute Gasteiger partial charge is 0.480 e. The molecule has 29 heavy (non-hydrogen) atoms. The van der Waals surface area contributed by atoms with Crippen LogP contribution in [0.3, 0.4) is 0 Å². The number of rotatable bonds is 4. The van der Waals surface area contributed by atoms with E-state index in [4.69, 9.17) is 9.47 Å². The van der Waals surface area contributed by atoms with Crippen molar-refractivity contribution in [1.29, 1.82) is 0 Å². The number of carbonyl (C=O) groups excluding carboxylic acids is 2. The maximum absolute atomic E-state index is 13.5. The number of pyridine rings is 1. The smallest absolute Gasteiger partial charge is 0.414 e. The molecule has 1 unspecified atom stereocenters. The first-order valence-corrected chi connectivity index (χ1v) is 9.80. The Labute approximate surface area is 171 Å². The van der Waals surface area contributed by atoms with Gasteiger partial charge in [-0.2, -0.15) is 0 Å². The Morgan fingerprint density at radius 3 is 2.48 bits per heavy atom. The zero-order valence-electron chi connectivity index (χ0n) is 17.6. The number of hydrogen-bond donors (Lipinski definition) is 0. The monoisotopic (exact) mass is 397 g/mol. The molecule has 7 heteroatoms. The van der Waals surface area contributed by atoms with Gasteiger partial charge < -0.3 is 14.4 Å². The zero-order chi connectivity index (χ0) is 21.1. The average molecular weight is 397 g/mol. The molecule has 3 rings (SSSR count). The van der Waals surface area contributed by atoms with Crippen molar-refractivity contribution in [2.75, 3.05) is 30.1 Å². The van der Waals surface area contributed by atoms with Crippen molar-refractivity contribution in [2.24, 2.45) is 0 Å². The lowest BCUT2D eigenvalue weighted by Gasteiger charge is -2.42. The van der Waals surface area contributed by atoms with E-state index in [1.54, 1.807) is 35.1 Å². The number of aromatic nitrogens is 1. The zero-order valence-corrected chi connectivity index (χ0v) is 17.6. The van der Waals surface area contributed by atoms with Crippen LogP contribution in [0.2, 0.25) is 0 Å². The summed E-state index contributed by atoms with van der Waals surface area (Å²) in [6.07, 6.45) is 1.87. The quantitative estimate of drug-likeness (QED) is 0.776. The number of hydrogen-bond acceptors (Lipinski definition) is 5. The summed E-state index contributed by atoms with van der Waals surface area (Å²) in [7, 11) is 1.49. The van der Waals surface area contributed by atoms with Crippen molar-refractivity contribution in [3.8, 4) is 5.88 Å². The van der Waals surface area contributed by atoms with Crippen molar-refractivity contribution in [1.82, 2.24) is 4.98 Å². The molecule has 0 fully saturated rings. The maximum Gasteiger partial charge on any atom is 0.414 e. The van der Waals surface area contributed by atoms with Gasteiger partial charge >= 0.3 is 6.09 Å². The summed E-state index contributed by atoms with van der Waals surface area (Å²) in [4.78, 5) is 33.8. The summed E-state index contributed by atoms with van der Waals surface area (Å²) in [6, 6.07) is 7.11. The van der Waals surface area contributed by atoms with E-state index in [0.717, 1.165) is 11.1 Å². The van der Waals surface area contributed by atoms with E-state index in [9.17, 15) is 9.59 Å². The van der Waals surface area contributed by atoms with E-state index in [-0.39, 0.29) is 17.8 Å². The number of carbonyl (C=O) groups is 2. The van der Waals surface area contributed by atoms with Gasteiger partial charge in [0.2, 0.25) is 5.88 Å². The molecular weight excluding hydrogens is 370 g/mol. The van der Waals surface area contributed by atoms with Crippen molar-refractivity contribution in [3.63, 3.8) is 0 Å². The molecule has 7 nitrogen and oxygen atoms in total. The van der Waals surface area contributed by atoms with Crippen LogP contribution in [-0.2, 0) is 4.74 Å². The lowest BCUT2D eigenvalue weighted by atomic mass is 9.99. The molecule has 2 amide bonds. The Kier molecular flexibility index (Phi) is 6.06. The second kappa shape index (κ2) is 8.51. The minimum Gasteiger partial charge on any atom is -0.480 e. The van der Waals surface area contributed by atoms with Gasteiger partial charge in [0.25, 0.3) is 5.91 Å². The highest BCUT2D eigenvalue weighted by atomic mass is 16.6. The molecule has 1 aromatic carbocycles. The van der Waals surface area contributed by atoms with Gasteiger partial charge in [-0.25, -0.2) is 9.78 Å². The van der Waals surface area contributed by atoms with Crippen LogP contribution in [0.5, 0.6) is 5.88 Å². The molecule has 2 aromatic rings. The van der Waals surface area contributed by atoms with Crippen LogP contribution in [-0.4, -0.2) is 43.3 Å². The second-order valence-corrected chi connectivity index (χ2v) is 7.03. The number of methoxy groups -OCH3 is 1. The van der Waals surface area contributed by atoms with Crippen LogP contribution >= 0.6 is 0 Å². The summed E-state index contributed by atoms with van der Waals surface area (Å²) in [5.41, 5.74) is 3.83. The topological polar surface area (TPSA) is 72.0 Å². The van der Waals surface area contributed by atoms with Crippen LogP contribution in [0, 0.1) is 13.8 Å². The Morgan fingerprint density at radius 1 is 1.17 bits per heavy atom. The van der Waals surface area contributed by atoms with E-state index < -0.39 is 6.09 Å². The molecule has 1 aromatic heterocycles. The Hall–Kier alpha value is -3.09. The molecule has 0 aliphatic carbocycles. The fourth-order valence-corrected chi connectivity index (χ4v) is 3.59. The van der Waals surface area contributed by atoms with Crippen molar-refractivity contribution in [2.45, 2.75) is 40.2 Å². The van der Waals surface area contributed by atoms with E-state index in [0.29, 0.717) is 36.5 Å². The summed E-state index contributed by atoms with van der Waals surface area (Å²) < 4.78 is 10.6. The number of amides is 2. The molecule has 154 valence electrons. The Balaban J connectivity index is 2.14. The predicted molar refractivity (Wildman–Crippen MR) is 112 cm³/mol. The minimum atomic E-state index is -0.394. The number of anilines is 2. The molecule has 0 radical (unpaired) electrons. The van der Waals surface area contributed by atoms with Gasteiger partial charge in [-0.05, 0) is 62.6 Å². The van der Waals surface area contributed by atoms with Crippen LogP contribution < -0.4 is 14.5 Å². The summed E-state index contributed by atoms with van der Waals surface area (Å²) in [6.45, 7) is 8.42. The number of benzene rings is 1. The first-order valence-electron chi connectivity index (χ1n) is 9.80. The maximum atomic E-state index is 13.5. The lowest BCUT2D eigenvalue weighted by Crippen LogP contribution is -2.53. The molecule has 0 bridgehead atoms. The molecule has 2 heterocycles. The predicted octanol–water partition coefficient (Wildman–Crippen LogP) is 4.11. The van der Waals surface area contributed by atoms with E-state index in [1.807, 2.05) is 32.9 Å². The molecule has 0 saturated heterocycles. The summed E-state index contributed by atoms with van der Waals surface area (Å²) in [5, 5.41) is 0. The van der Waals surface area contributed by atoms with Gasteiger partial charge in [-0.1, -0.05) is 6.92 Å². The van der Waals surface area contributed by atoms with Crippen molar-refractivity contribution < 1.29 is 19.1 Å². The molecule has 1 atom stereocenters. The minimum absolute atomic E-state index is 0.199. The number of aryl methyl sites for hydroxylation is 2. The number of ether oxygens (including phenoxy) is 2. The third kappa shape index (κ3) is 3.77. The third-order valence-electron chi connectivity index (χ3n) is 5.28. The van der Waals surface area contributed by atoms with Gasteiger partial charge in [0.1, 0.15) is 5.56 Å². The number of nitrogens with zero attached hydrogens (tertiary/aromatic N) is 3. The Morgan fingerprint density at radius 2 is 1.86 bits per heavy atom. The molecule has 0 spiro atoms. The average Bonchev–Trinajstić information content (AvgIpc) is 2.73. The van der Waals surface area contributed by atoms with Gasteiger partial charge in [0, 0.05) is 12.7 Å². The van der Waals surface area contributed by atoms with Crippen LogP contribution in [0.25, 0.3) is 0 Å². The van der Waals surface area contributed by atoms with E-state index in [1.165, 1.54) is 7.11 Å². The normalized spacial score (nSPS) is 15.7. The van der Waals surface area contributed by atoms with Crippen molar-refractivity contribution >= 4 is 23.4 Å². The van der Waals surface area contributed by atoms with E-state index in [2.05, 4.69) is 4.98 Å². The summed E-state index contributed by atoms with van der Waals surface area (Å²) in [5.74, 6) is 0.0742. The van der Waals surface area contributed by atoms with Crippen LogP contribution in [0.4, 0.5) is 16.2 Å². The first-order chi connectivity index (χ1) is 13.9. The highest BCUT2D eigenvalue weighted by molar-refractivity contribution is 6.11. The van der Waals surface area contributed by atoms with Crippen LogP contribution in [0.1, 0.15) is 41.8 Å². The fraction of sp³-hybridized carbons (Fsp3) is 0.409. The van der Waals surface area contributed by atoms with Gasteiger partial charge in [-0.15, -0.1) is 0 Å². The SMILES string of the molecule is CCOC(=O)N1c2cc(C)c(C)cc2N(C(=O)c2cccnc2OC)CC1CC. The standard InChI is InChI=1S/C22H27N3O4/c1-6-16-13-24(21(26)17-9-8-10-23-20(17)28-5)18-11-14(3)15(4)12-19(18)25(16)22(27)29-7-2/h8-12,16H,6-7,13H2,1-5H3. The highest BCUT2D eigenvalue weighted by Crippen LogP contribution is 2.40. The van der Waals surface area contributed by atoms with Gasteiger partial charge in [0.05, 0.1) is 31.1 Å². The first kappa shape index (κ1) is 20.6. The molecule has 0 N–H and O–H groups in total. The third-order valence-corrected chi connectivity index (χ3v) is 5.28. The molecular formula is C22H27N3O4.